The number of fused-ring (bicyclic) bond motifs is 1. The summed E-state index contributed by atoms with van der Waals surface area (Å²) in [5.41, 5.74) is -2.62. The van der Waals surface area contributed by atoms with Crippen LogP contribution in [0.3, 0.4) is 0 Å². The highest BCUT2D eigenvalue weighted by Crippen LogP contribution is 2.50. The summed E-state index contributed by atoms with van der Waals surface area (Å²) in [5.74, 6) is -0.951. The molecular weight excluding hydrogens is 574 g/mol. The second-order valence-electron chi connectivity index (χ2n) is 9.41. The van der Waals surface area contributed by atoms with Gasteiger partial charge in [0.2, 0.25) is 5.82 Å². The number of carbonyl (C=O) groups is 1. The maximum Gasteiger partial charge on any atom is 0.416 e. The minimum Gasteiger partial charge on any atom is -0.494 e. The van der Waals surface area contributed by atoms with Crippen LogP contribution in [0.2, 0.25) is 0 Å². The first-order chi connectivity index (χ1) is 19.5. The number of H-pyrrole nitrogens is 1. The number of tetrazole rings is 1. The first kappa shape index (κ1) is 28.5. The van der Waals surface area contributed by atoms with Gasteiger partial charge < -0.3 is 10.1 Å². The van der Waals surface area contributed by atoms with Gasteiger partial charge in [-0.05, 0) is 54.3 Å². The van der Waals surface area contributed by atoms with Gasteiger partial charge in [0.1, 0.15) is 10.8 Å². The molecule has 3 heterocycles. The standard InChI is InChI=1S/C26H22F6N6O2S/c27-25(28,29)12-4-1-5-13-40-16-10-8-15(9-11-16)24(26(30,31)32)14-17(20(22(39)34-24)21-35-37-38-36-21)23-33-18-6-2-3-7-19(18)41-23/h2-3,6-11H,1,4-5,12-14H2,(H,34,39)(H,35,36,37,38). The number of halogens is 6. The van der Waals surface area contributed by atoms with Crippen LogP contribution in [0.15, 0.2) is 48.5 Å². The quantitative estimate of drug-likeness (QED) is 0.176. The molecule has 1 aliphatic rings. The Morgan fingerprint density at radius 1 is 0.976 bits per heavy atom. The van der Waals surface area contributed by atoms with E-state index < -0.39 is 36.6 Å². The summed E-state index contributed by atoms with van der Waals surface area (Å²) in [7, 11) is 0. The molecule has 4 aromatic rings. The number of nitrogens with one attached hydrogen (secondary N) is 2. The molecule has 1 aliphatic heterocycles. The first-order valence-electron chi connectivity index (χ1n) is 12.5. The van der Waals surface area contributed by atoms with Crippen LogP contribution in [0.25, 0.3) is 21.4 Å². The third-order valence-corrected chi connectivity index (χ3v) is 7.72. The molecule has 216 valence electrons. The molecule has 0 radical (unpaired) electrons. The third-order valence-electron chi connectivity index (χ3n) is 6.62. The number of rotatable bonds is 9. The Hall–Kier alpha value is -4.01. The molecule has 0 saturated carbocycles. The van der Waals surface area contributed by atoms with Crippen molar-refractivity contribution in [2.24, 2.45) is 0 Å². The van der Waals surface area contributed by atoms with Crippen molar-refractivity contribution in [3.63, 3.8) is 0 Å². The number of ether oxygens (including phenoxy) is 1. The van der Waals surface area contributed by atoms with E-state index in [-0.39, 0.29) is 46.3 Å². The number of unbranched alkanes of at least 4 members (excludes halogenated alkanes) is 2. The summed E-state index contributed by atoms with van der Waals surface area (Å²) in [5, 5.41) is 15.7. The summed E-state index contributed by atoms with van der Waals surface area (Å²) >= 11 is 1.15. The van der Waals surface area contributed by atoms with Crippen LogP contribution >= 0.6 is 11.3 Å². The van der Waals surface area contributed by atoms with Crippen molar-refractivity contribution in [3.05, 3.63) is 64.9 Å². The molecular formula is C26H22F6N6O2S. The molecule has 0 spiro atoms. The molecule has 1 amide bonds. The van der Waals surface area contributed by atoms with Crippen LogP contribution in [0.1, 0.15) is 48.5 Å². The predicted molar refractivity (Wildman–Crippen MR) is 138 cm³/mol. The van der Waals surface area contributed by atoms with Crippen LogP contribution in [-0.2, 0) is 10.3 Å². The number of benzene rings is 2. The average molecular weight is 597 g/mol. The Morgan fingerprint density at radius 3 is 2.39 bits per heavy atom. The van der Waals surface area contributed by atoms with E-state index >= 15 is 0 Å². The number of aromatic nitrogens is 5. The maximum absolute atomic E-state index is 14.9. The average Bonchev–Trinajstić information content (AvgIpc) is 3.59. The number of hydrogen-bond donors (Lipinski definition) is 2. The van der Waals surface area contributed by atoms with Crippen molar-refractivity contribution in [2.75, 3.05) is 6.61 Å². The lowest BCUT2D eigenvalue weighted by Gasteiger charge is -2.40. The molecule has 1 unspecified atom stereocenters. The zero-order chi connectivity index (χ0) is 29.3. The van der Waals surface area contributed by atoms with Gasteiger partial charge in [0, 0.05) is 18.4 Å². The fourth-order valence-electron chi connectivity index (χ4n) is 4.62. The van der Waals surface area contributed by atoms with E-state index in [1.54, 1.807) is 24.3 Å². The Labute approximate surface area is 232 Å². The Morgan fingerprint density at radius 2 is 1.73 bits per heavy atom. The van der Waals surface area contributed by atoms with E-state index in [1.165, 1.54) is 24.3 Å². The molecule has 0 saturated heterocycles. The zero-order valence-corrected chi connectivity index (χ0v) is 22.0. The number of aromatic amines is 1. The van der Waals surface area contributed by atoms with E-state index in [4.69, 9.17) is 4.74 Å². The second kappa shape index (κ2) is 11.1. The van der Waals surface area contributed by atoms with E-state index in [9.17, 15) is 31.1 Å². The van der Waals surface area contributed by atoms with Crippen molar-refractivity contribution in [1.29, 1.82) is 0 Å². The van der Waals surface area contributed by atoms with E-state index in [1.807, 2.05) is 0 Å². The summed E-state index contributed by atoms with van der Waals surface area (Å²) in [6, 6.07) is 12.1. The first-order valence-corrected chi connectivity index (χ1v) is 13.3. The fraction of sp³-hybridized carbons (Fsp3) is 0.346. The van der Waals surface area contributed by atoms with Crippen molar-refractivity contribution in [3.8, 4) is 5.75 Å². The largest absolute Gasteiger partial charge is 0.494 e. The number of para-hydroxylation sites is 1. The number of alkyl halides is 6. The van der Waals surface area contributed by atoms with Crippen molar-refractivity contribution < 1.29 is 35.9 Å². The van der Waals surface area contributed by atoms with Gasteiger partial charge in [-0.2, -0.15) is 31.6 Å². The highest BCUT2D eigenvalue weighted by molar-refractivity contribution is 7.19. The van der Waals surface area contributed by atoms with Gasteiger partial charge in [0.15, 0.2) is 5.54 Å². The monoisotopic (exact) mass is 596 g/mol. The lowest BCUT2D eigenvalue weighted by Crippen LogP contribution is -2.58. The molecule has 41 heavy (non-hydrogen) atoms. The summed E-state index contributed by atoms with van der Waals surface area (Å²) in [4.78, 5) is 17.9. The lowest BCUT2D eigenvalue weighted by atomic mass is 9.78. The lowest BCUT2D eigenvalue weighted by molar-refractivity contribution is -0.201. The normalized spacial score (nSPS) is 18.1. The highest BCUT2D eigenvalue weighted by Gasteiger charge is 2.60. The Bertz CT molecular complexity index is 1520. The van der Waals surface area contributed by atoms with Gasteiger partial charge in [-0.25, -0.2) is 4.98 Å². The molecule has 15 heteroatoms. The topological polar surface area (TPSA) is 106 Å². The zero-order valence-electron chi connectivity index (χ0n) is 21.1. The van der Waals surface area contributed by atoms with Gasteiger partial charge in [-0.1, -0.05) is 24.3 Å². The summed E-state index contributed by atoms with van der Waals surface area (Å²) < 4.78 is 87.8. The van der Waals surface area contributed by atoms with Crippen molar-refractivity contribution in [1.82, 2.24) is 30.9 Å². The van der Waals surface area contributed by atoms with Crippen molar-refractivity contribution >= 4 is 38.6 Å². The Kier molecular flexibility index (Phi) is 7.72. The molecule has 1 atom stereocenters. The van der Waals surface area contributed by atoms with E-state index in [2.05, 4.69) is 30.9 Å². The molecule has 2 aromatic carbocycles. The number of carbonyl (C=O) groups excluding carboxylic acids is 1. The molecule has 8 nitrogen and oxygen atoms in total. The number of amides is 1. The maximum atomic E-state index is 14.9. The van der Waals surface area contributed by atoms with Gasteiger partial charge in [0.05, 0.1) is 22.4 Å². The highest BCUT2D eigenvalue weighted by atomic mass is 32.1. The predicted octanol–water partition coefficient (Wildman–Crippen LogP) is 6.20. The van der Waals surface area contributed by atoms with E-state index in [0.29, 0.717) is 18.4 Å². The number of hydrogen-bond acceptors (Lipinski definition) is 7. The van der Waals surface area contributed by atoms with Crippen LogP contribution in [0.4, 0.5) is 26.3 Å². The van der Waals surface area contributed by atoms with Crippen molar-refractivity contribution in [2.45, 2.75) is 50.0 Å². The third kappa shape index (κ3) is 6.04. The minimum absolute atomic E-state index is 0.0212. The molecule has 0 fully saturated rings. The van der Waals surface area contributed by atoms with Crippen LogP contribution in [0, 0.1) is 0 Å². The summed E-state index contributed by atoms with van der Waals surface area (Å²) in [6.07, 6.45) is -10.1. The van der Waals surface area contributed by atoms with Crippen LogP contribution in [0.5, 0.6) is 5.75 Å². The number of thiazole rings is 1. The Balaban J connectivity index is 1.44. The minimum atomic E-state index is -4.92. The SMILES string of the molecule is O=C1NC(c2ccc(OCCCCCC(F)(F)F)cc2)(C(F)(F)F)CC(c2nc3ccccc3s2)=C1c1nn[nH]n1. The number of nitrogens with zero attached hydrogens (tertiary/aromatic N) is 4. The second-order valence-corrected chi connectivity index (χ2v) is 10.4. The molecule has 0 aliphatic carbocycles. The van der Waals surface area contributed by atoms with Crippen LogP contribution < -0.4 is 10.1 Å². The van der Waals surface area contributed by atoms with E-state index in [0.717, 1.165) is 16.0 Å². The van der Waals surface area contributed by atoms with Gasteiger partial charge >= 0.3 is 12.4 Å². The molecule has 2 aromatic heterocycles. The van der Waals surface area contributed by atoms with Gasteiger partial charge in [0.25, 0.3) is 5.91 Å². The molecule has 0 bridgehead atoms. The smallest absolute Gasteiger partial charge is 0.416 e. The molecule has 5 rings (SSSR count). The molecule has 2 N–H and O–H groups in total. The van der Waals surface area contributed by atoms with Gasteiger partial charge in [-0.3, -0.25) is 4.79 Å². The van der Waals surface area contributed by atoms with Gasteiger partial charge in [-0.15, -0.1) is 21.5 Å². The summed E-state index contributed by atoms with van der Waals surface area (Å²) in [6.45, 7) is 0.108. The fourth-order valence-corrected chi connectivity index (χ4v) is 5.63. The van der Waals surface area contributed by atoms with Crippen LogP contribution in [-0.4, -0.2) is 50.5 Å².